The standard InChI is InChI=1S/C11H13FN2OS/c1-11(2,9(13)16)10(15)14-8-5-3-7(12)4-6-8/h3-6H,1-2H3,(H2,13,16)(H,14,15). The SMILES string of the molecule is CC(C)(C(=O)Nc1ccc(F)cc1)C(N)=S. The minimum Gasteiger partial charge on any atom is -0.392 e. The quantitative estimate of drug-likeness (QED) is 0.795. The summed E-state index contributed by atoms with van der Waals surface area (Å²) in [5.41, 5.74) is 5.04. The largest absolute Gasteiger partial charge is 0.392 e. The van der Waals surface area contributed by atoms with Crippen molar-refractivity contribution in [3.63, 3.8) is 0 Å². The first kappa shape index (κ1) is 12.6. The van der Waals surface area contributed by atoms with Gasteiger partial charge in [0, 0.05) is 5.69 Å². The normalized spacial score (nSPS) is 10.9. The van der Waals surface area contributed by atoms with Gasteiger partial charge in [-0.1, -0.05) is 12.2 Å². The minimum absolute atomic E-state index is 0.118. The molecule has 0 aliphatic carbocycles. The van der Waals surface area contributed by atoms with Gasteiger partial charge in [0.25, 0.3) is 0 Å². The first-order chi connectivity index (χ1) is 7.34. The van der Waals surface area contributed by atoms with Crippen molar-refractivity contribution < 1.29 is 9.18 Å². The van der Waals surface area contributed by atoms with Gasteiger partial charge in [-0.25, -0.2) is 4.39 Å². The molecular weight excluding hydrogens is 227 g/mol. The zero-order valence-electron chi connectivity index (χ0n) is 9.08. The molecule has 86 valence electrons. The molecule has 1 aromatic carbocycles. The first-order valence-corrected chi connectivity index (χ1v) is 5.12. The lowest BCUT2D eigenvalue weighted by atomic mass is 9.92. The smallest absolute Gasteiger partial charge is 0.236 e. The lowest BCUT2D eigenvalue weighted by molar-refractivity contribution is -0.121. The Bertz CT molecular complexity index is 414. The molecule has 0 saturated heterocycles. The fraction of sp³-hybridized carbons (Fsp3) is 0.273. The minimum atomic E-state index is -0.927. The number of nitrogens with one attached hydrogen (secondary N) is 1. The molecular formula is C11H13FN2OS. The van der Waals surface area contributed by atoms with E-state index in [4.69, 9.17) is 18.0 Å². The maximum absolute atomic E-state index is 12.6. The summed E-state index contributed by atoms with van der Waals surface area (Å²) in [5.74, 6) is -0.668. The van der Waals surface area contributed by atoms with E-state index in [-0.39, 0.29) is 16.7 Å². The average molecular weight is 240 g/mol. The molecule has 5 heteroatoms. The van der Waals surface area contributed by atoms with Gasteiger partial charge in [0.2, 0.25) is 5.91 Å². The summed E-state index contributed by atoms with van der Waals surface area (Å²) in [5, 5.41) is 2.62. The summed E-state index contributed by atoms with van der Waals surface area (Å²) in [6.45, 7) is 3.27. The highest BCUT2D eigenvalue weighted by Gasteiger charge is 2.30. The van der Waals surface area contributed by atoms with E-state index in [2.05, 4.69) is 5.32 Å². The van der Waals surface area contributed by atoms with Gasteiger partial charge in [0.15, 0.2) is 0 Å². The molecule has 1 rings (SSSR count). The van der Waals surface area contributed by atoms with E-state index in [0.29, 0.717) is 5.69 Å². The van der Waals surface area contributed by atoms with Gasteiger partial charge in [-0.2, -0.15) is 0 Å². The van der Waals surface area contributed by atoms with Crippen molar-refractivity contribution in [1.29, 1.82) is 0 Å². The molecule has 0 fully saturated rings. The van der Waals surface area contributed by atoms with Crippen molar-refractivity contribution in [2.45, 2.75) is 13.8 Å². The fourth-order valence-electron chi connectivity index (χ4n) is 0.932. The number of thiocarbonyl (C=S) groups is 1. The van der Waals surface area contributed by atoms with E-state index in [1.165, 1.54) is 24.3 Å². The van der Waals surface area contributed by atoms with Crippen LogP contribution in [0, 0.1) is 11.2 Å². The number of amides is 1. The van der Waals surface area contributed by atoms with Crippen LogP contribution in [0.1, 0.15) is 13.8 Å². The summed E-state index contributed by atoms with van der Waals surface area (Å²) in [6, 6.07) is 5.48. The van der Waals surface area contributed by atoms with Crippen LogP contribution in [0.5, 0.6) is 0 Å². The number of nitrogens with two attached hydrogens (primary N) is 1. The van der Waals surface area contributed by atoms with Gasteiger partial charge in [-0.15, -0.1) is 0 Å². The van der Waals surface area contributed by atoms with Gasteiger partial charge < -0.3 is 11.1 Å². The van der Waals surface area contributed by atoms with Gasteiger partial charge in [0.1, 0.15) is 5.82 Å². The molecule has 0 aliphatic rings. The molecule has 0 spiro atoms. The molecule has 3 nitrogen and oxygen atoms in total. The molecule has 0 aliphatic heterocycles. The van der Waals surface area contributed by atoms with Crippen LogP contribution >= 0.6 is 12.2 Å². The van der Waals surface area contributed by atoms with Crippen LogP contribution in [0.15, 0.2) is 24.3 Å². The summed E-state index contributed by atoms with van der Waals surface area (Å²) >= 11 is 4.80. The number of hydrogen-bond donors (Lipinski definition) is 2. The molecule has 1 aromatic rings. The summed E-state index contributed by atoms with van der Waals surface area (Å²) in [6.07, 6.45) is 0. The predicted octanol–water partition coefficient (Wildman–Crippen LogP) is 2.08. The fourth-order valence-corrected chi connectivity index (χ4v) is 1.03. The van der Waals surface area contributed by atoms with Crippen molar-refractivity contribution in [2.75, 3.05) is 5.32 Å². The van der Waals surface area contributed by atoms with Crippen molar-refractivity contribution in [2.24, 2.45) is 11.1 Å². The molecule has 3 N–H and O–H groups in total. The molecule has 0 atom stereocenters. The third-order valence-electron chi connectivity index (χ3n) is 2.29. The number of carbonyl (C=O) groups is 1. The van der Waals surface area contributed by atoms with Crippen LogP contribution in [-0.2, 0) is 4.79 Å². The van der Waals surface area contributed by atoms with E-state index >= 15 is 0 Å². The van der Waals surface area contributed by atoms with Crippen LogP contribution in [0.25, 0.3) is 0 Å². The van der Waals surface area contributed by atoms with Crippen molar-refractivity contribution in [3.8, 4) is 0 Å². The van der Waals surface area contributed by atoms with Gasteiger partial charge in [-0.05, 0) is 38.1 Å². The third kappa shape index (κ3) is 2.76. The lowest BCUT2D eigenvalue weighted by Gasteiger charge is -2.21. The van der Waals surface area contributed by atoms with E-state index in [1.54, 1.807) is 13.8 Å². The highest BCUT2D eigenvalue weighted by atomic mass is 32.1. The number of rotatable bonds is 3. The molecule has 0 unspecified atom stereocenters. The Morgan fingerprint density at radius 2 is 1.88 bits per heavy atom. The van der Waals surface area contributed by atoms with Crippen molar-refractivity contribution >= 4 is 28.8 Å². The van der Waals surface area contributed by atoms with Crippen molar-refractivity contribution in [1.82, 2.24) is 0 Å². The van der Waals surface area contributed by atoms with E-state index in [0.717, 1.165) is 0 Å². The zero-order chi connectivity index (χ0) is 12.3. The summed E-state index contributed by atoms with van der Waals surface area (Å²) < 4.78 is 12.6. The predicted molar refractivity (Wildman–Crippen MR) is 65.6 cm³/mol. The lowest BCUT2D eigenvalue weighted by Crippen LogP contribution is -2.41. The maximum atomic E-state index is 12.6. The van der Waals surface area contributed by atoms with Gasteiger partial charge >= 0.3 is 0 Å². The second-order valence-electron chi connectivity index (χ2n) is 3.95. The Balaban J connectivity index is 2.79. The number of carbonyl (C=O) groups excluding carboxylic acids is 1. The highest BCUT2D eigenvalue weighted by Crippen LogP contribution is 2.19. The molecule has 0 heterocycles. The Hall–Kier alpha value is -1.49. The second kappa shape index (κ2) is 4.57. The van der Waals surface area contributed by atoms with Crippen LogP contribution in [-0.4, -0.2) is 10.9 Å². The number of hydrogen-bond acceptors (Lipinski definition) is 2. The molecule has 0 radical (unpaired) electrons. The first-order valence-electron chi connectivity index (χ1n) is 4.71. The second-order valence-corrected chi connectivity index (χ2v) is 4.39. The van der Waals surface area contributed by atoms with E-state index in [9.17, 15) is 9.18 Å². The topological polar surface area (TPSA) is 55.1 Å². The Morgan fingerprint density at radius 1 is 1.38 bits per heavy atom. The molecule has 0 aromatic heterocycles. The summed E-state index contributed by atoms with van der Waals surface area (Å²) in [4.78, 5) is 11.9. The van der Waals surface area contributed by atoms with Crippen LogP contribution < -0.4 is 11.1 Å². The number of halogens is 1. The maximum Gasteiger partial charge on any atom is 0.236 e. The summed E-state index contributed by atoms with van der Waals surface area (Å²) in [7, 11) is 0. The van der Waals surface area contributed by atoms with E-state index in [1.807, 2.05) is 0 Å². The van der Waals surface area contributed by atoms with Crippen LogP contribution in [0.4, 0.5) is 10.1 Å². The third-order valence-corrected chi connectivity index (χ3v) is 2.80. The molecule has 0 bridgehead atoms. The Labute approximate surface area is 98.8 Å². The Morgan fingerprint density at radius 3 is 2.31 bits per heavy atom. The highest BCUT2D eigenvalue weighted by molar-refractivity contribution is 7.80. The zero-order valence-corrected chi connectivity index (χ0v) is 9.90. The number of anilines is 1. The molecule has 0 saturated carbocycles. The molecule has 1 amide bonds. The average Bonchev–Trinajstić information content (AvgIpc) is 2.21. The number of benzene rings is 1. The molecule has 16 heavy (non-hydrogen) atoms. The van der Waals surface area contributed by atoms with Crippen LogP contribution in [0.2, 0.25) is 0 Å². The van der Waals surface area contributed by atoms with Gasteiger partial charge in [-0.3, -0.25) is 4.79 Å². The monoisotopic (exact) mass is 240 g/mol. The van der Waals surface area contributed by atoms with Gasteiger partial charge in [0.05, 0.1) is 10.4 Å². The van der Waals surface area contributed by atoms with Crippen LogP contribution in [0.3, 0.4) is 0 Å². The van der Waals surface area contributed by atoms with E-state index < -0.39 is 5.41 Å². The Kier molecular flexibility index (Phi) is 3.59. The van der Waals surface area contributed by atoms with Crippen molar-refractivity contribution in [3.05, 3.63) is 30.1 Å².